The molecule has 1 heterocycles. The molecule has 0 unspecified atom stereocenters. The molecule has 6 nitrogen and oxygen atoms in total. The molecule has 0 aliphatic heterocycles. The molecule has 0 atom stereocenters. The fourth-order valence-corrected chi connectivity index (χ4v) is 2.51. The average Bonchev–Trinajstić information content (AvgIpc) is 2.83. The van der Waals surface area contributed by atoms with E-state index in [1.807, 2.05) is 26.0 Å². The number of hydrogen-bond acceptors (Lipinski definition) is 3. The second-order valence-corrected chi connectivity index (χ2v) is 6.35. The van der Waals surface area contributed by atoms with Crippen LogP contribution in [0, 0.1) is 31.1 Å². The van der Waals surface area contributed by atoms with E-state index in [1.54, 1.807) is 19.9 Å². The molecule has 1 aromatic rings. The number of aromatic nitrogens is 1. The van der Waals surface area contributed by atoms with E-state index < -0.39 is 5.91 Å². The van der Waals surface area contributed by atoms with Crippen molar-refractivity contribution in [3.05, 3.63) is 28.6 Å². The van der Waals surface area contributed by atoms with Crippen LogP contribution >= 0.6 is 0 Å². The number of hydrogen-bond donors (Lipinski definition) is 2. The van der Waals surface area contributed by atoms with Gasteiger partial charge in [-0.25, -0.2) is 0 Å². The van der Waals surface area contributed by atoms with Crippen molar-refractivity contribution in [3.63, 3.8) is 0 Å². The van der Waals surface area contributed by atoms with Crippen LogP contribution < -0.4 is 10.6 Å². The smallest absolute Gasteiger partial charge is 0.262 e. The van der Waals surface area contributed by atoms with E-state index in [4.69, 9.17) is 0 Å². The van der Waals surface area contributed by atoms with Gasteiger partial charge in [0.15, 0.2) is 0 Å². The fraction of sp³-hybridized carbons (Fsp3) is 0.526. The summed E-state index contributed by atoms with van der Waals surface area (Å²) >= 11 is 0. The Hall–Kier alpha value is -2.55. The highest BCUT2D eigenvalue weighted by Crippen LogP contribution is 2.18. The van der Waals surface area contributed by atoms with Gasteiger partial charge in [0.1, 0.15) is 11.6 Å². The lowest BCUT2D eigenvalue weighted by Crippen LogP contribution is -2.36. The Morgan fingerprint density at radius 1 is 1.28 bits per heavy atom. The maximum atomic E-state index is 12.2. The van der Waals surface area contributed by atoms with E-state index in [-0.39, 0.29) is 23.9 Å². The van der Waals surface area contributed by atoms with E-state index in [0.717, 1.165) is 29.9 Å². The molecule has 136 valence electrons. The van der Waals surface area contributed by atoms with Crippen LogP contribution in [0.25, 0.3) is 6.08 Å². The number of amides is 2. The lowest BCUT2D eigenvalue weighted by atomic mass is 10.1. The summed E-state index contributed by atoms with van der Waals surface area (Å²) < 4.78 is 2.18. The van der Waals surface area contributed by atoms with Crippen molar-refractivity contribution in [1.29, 1.82) is 5.26 Å². The van der Waals surface area contributed by atoms with Gasteiger partial charge >= 0.3 is 0 Å². The van der Waals surface area contributed by atoms with E-state index in [0.29, 0.717) is 6.54 Å². The molecule has 0 aromatic carbocycles. The number of carbonyl (C=O) groups is 2. The highest BCUT2D eigenvalue weighted by Gasteiger charge is 2.12. The molecule has 0 aliphatic rings. The lowest BCUT2D eigenvalue weighted by molar-refractivity contribution is -0.124. The molecule has 0 saturated carbocycles. The fourth-order valence-electron chi connectivity index (χ4n) is 2.51. The highest BCUT2D eigenvalue weighted by atomic mass is 16.2. The summed E-state index contributed by atoms with van der Waals surface area (Å²) in [6.45, 7) is 11.3. The summed E-state index contributed by atoms with van der Waals surface area (Å²) in [5.41, 5.74) is 3.10. The molecule has 1 aromatic heterocycles. The van der Waals surface area contributed by atoms with Crippen LogP contribution in [0.3, 0.4) is 0 Å². The van der Waals surface area contributed by atoms with Gasteiger partial charge in [-0.05, 0) is 38.0 Å². The van der Waals surface area contributed by atoms with Crippen molar-refractivity contribution in [2.45, 2.75) is 47.6 Å². The Labute approximate surface area is 149 Å². The third-order valence-corrected chi connectivity index (χ3v) is 3.96. The Morgan fingerprint density at radius 3 is 2.48 bits per heavy atom. The maximum absolute atomic E-state index is 12.2. The molecular formula is C19H28N4O2. The molecule has 0 bridgehead atoms. The second kappa shape index (κ2) is 9.67. The zero-order chi connectivity index (χ0) is 19.0. The molecule has 2 amide bonds. The van der Waals surface area contributed by atoms with Crippen molar-refractivity contribution in [3.8, 4) is 6.07 Å². The van der Waals surface area contributed by atoms with E-state index in [1.165, 1.54) is 0 Å². The molecule has 6 heteroatoms. The first kappa shape index (κ1) is 20.5. The van der Waals surface area contributed by atoms with Crippen LogP contribution in [0.2, 0.25) is 0 Å². The number of nitriles is 1. The highest BCUT2D eigenvalue weighted by molar-refractivity contribution is 6.01. The normalized spacial score (nSPS) is 11.3. The quantitative estimate of drug-likeness (QED) is 0.431. The van der Waals surface area contributed by atoms with Gasteiger partial charge in [-0.15, -0.1) is 0 Å². The van der Waals surface area contributed by atoms with Crippen molar-refractivity contribution in [2.75, 3.05) is 13.1 Å². The van der Waals surface area contributed by atoms with Crippen molar-refractivity contribution >= 4 is 17.9 Å². The molecule has 0 spiro atoms. The number of nitrogens with zero attached hydrogens (tertiary/aromatic N) is 2. The van der Waals surface area contributed by atoms with Crippen molar-refractivity contribution in [1.82, 2.24) is 15.2 Å². The molecule has 0 saturated heterocycles. The summed E-state index contributed by atoms with van der Waals surface area (Å²) in [7, 11) is 0. The first-order valence-electron chi connectivity index (χ1n) is 8.66. The minimum Gasteiger partial charge on any atom is -0.354 e. The molecular weight excluding hydrogens is 316 g/mol. The standard InChI is InChI=1S/C19H28N4O2/c1-6-9-23-14(4)10-16(15(23)5)11-17(12-20)19(25)22-8-7-21-18(24)13(2)3/h10-11,13H,6-9H2,1-5H3,(H,21,24)(H,22,25)/b17-11-. The number of nitrogens with one attached hydrogen (secondary N) is 2. The summed E-state index contributed by atoms with van der Waals surface area (Å²) in [5, 5.41) is 14.7. The summed E-state index contributed by atoms with van der Waals surface area (Å²) in [4.78, 5) is 23.6. The van der Waals surface area contributed by atoms with Crippen molar-refractivity contribution < 1.29 is 9.59 Å². The van der Waals surface area contributed by atoms with Crippen LogP contribution in [0.1, 0.15) is 44.1 Å². The van der Waals surface area contributed by atoms with Gasteiger partial charge in [0.2, 0.25) is 5.91 Å². The van der Waals surface area contributed by atoms with Crippen LogP contribution in [0.5, 0.6) is 0 Å². The van der Waals surface area contributed by atoms with Gasteiger partial charge < -0.3 is 15.2 Å². The number of rotatable bonds is 8. The van der Waals surface area contributed by atoms with E-state index >= 15 is 0 Å². The van der Waals surface area contributed by atoms with E-state index in [2.05, 4.69) is 22.1 Å². The Morgan fingerprint density at radius 2 is 1.92 bits per heavy atom. The zero-order valence-electron chi connectivity index (χ0n) is 15.8. The van der Waals surface area contributed by atoms with Crippen LogP contribution in [-0.2, 0) is 16.1 Å². The minimum atomic E-state index is -0.429. The molecule has 1 rings (SSSR count). The SMILES string of the molecule is CCCn1c(C)cc(/C=C(/C#N)C(=O)NCCNC(=O)C(C)C)c1C. The lowest BCUT2D eigenvalue weighted by Gasteiger charge is -2.08. The monoisotopic (exact) mass is 344 g/mol. The largest absolute Gasteiger partial charge is 0.354 e. The van der Waals surface area contributed by atoms with Crippen molar-refractivity contribution in [2.24, 2.45) is 5.92 Å². The Balaban J connectivity index is 2.74. The zero-order valence-corrected chi connectivity index (χ0v) is 15.8. The summed E-state index contributed by atoms with van der Waals surface area (Å²) in [5.74, 6) is -0.584. The first-order chi connectivity index (χ1) is 11.8. The average molecular weight is 344 g/mol. The van der Waals surface area contributed by atoms with Gasteiger partial charge in [-0.3, -0.25) is 9.59 Å². The molecule has 25 heavy (non-hydrogen) atoms. The number of aryl methyl sites for hydroxylation is 1. The van der Waals surface area contributed by atoms with Gasteiger partial charge in [0.25, 0.3) is 5.91 Å². The maximum Gasteiger partial charge on any atom is 0.262 e. The predicted octanol–water partition coefficient (Wildman–Crippen LogP) is 2.31. The Kier molecular flexibility index (Phi) is 7.93. The van der Waals surface area contributed by atoms with E-state index in [9.17, 15) is 14.9 Å². The van der Waals surface area contributed by atoms with Crippen LogP contribution in [-0.4, -0.2) is 29.5 Å². The Bertz CT molecular complexity index is 693. The second-order valence-electron chi connectivity index (χ2n) is 6.35. The molecule has 0 aliphatic carbocycles. The third kappa shape index (κ3) is 5.79. The first-order valence-corrected chi connectivity index (χ1v) is 8.66. The molecule has 2 N–H and O–H groups in total. The molecule has 0 radical (unpaired) electrons. The van der Waals surface area contributed by atoms with Gasteiger partial charge in [0, 0.05) is 36.9 Å². The third-order valence-electron chi connectivity index (χ3n) is 3.96. The topological polar surface area (TPSA) is 86.9 Å². The van der Waals surface area contributed by atoms with Crippen LogP contribution in [0.4, 0.5) is 0 Å². The summed E-state index contributed by atoms with van der Waals surface area (Å²) in [6.07, 6.45) is 2.64. The van der Waals surface area contributed by atoms with Crippen LogP contribution in [0.15, 0.2) is 11.6 Å². The number of carbonyl (C=O) groups excluding carboxylic acids is 2. The predicted molar refractivity (Wildman–Crippen MR) is 98.6 cm³/mol. The van der Waals surface area contributed by atoms with Gasteiger partial charge in [-0.1, -0.05) is 20.8 Å². The van der Waals surface area contributed by atoms with Gasteiger partial charge in [-0.2, -0.15) is 5.26 Å². The minimum absolute atomic E-state index is 0.0614. The summed E-state index contributed by atoms with van der Waals surface area (Å²) in [6, 6.07) is 3.94. The van der Waals surface area contributed by atoms with Gasteiger partial charge in [0.05, 0.1) is 0 Å². The molecule has 0 fully saturated rings.